The van der Waals surface area contributed by atoms with Crippen LogP contribution in [0.25, 0.3) is 11.0 Å². The fourth-order valence-corrected chi connectivity index (χ4v) is 6.93. The van der Waals surface area contributed by atoms with E-state index < -0.39 is 0 Å². The van der Waals surface area contributed by atoms with Gasteiger partial charge in [0.15, 0.2) is 28.2 Å². The number of thiazole rings is 1. The Bertz CT molecular complexity index is 2250. The van der Waals surface area contributed by atoms with Crippen LogP contribution in [0.4, 0.5) is 0 Å². The number of rotatable bonds is 0. The van der Waals surface area contributed by atoms with Crippen LogP contribution in [-0.2, 0) is 63.4 Å². The highest BCUT2D eigenvalue weighted by atomic mass is 32.1. The molecule has 1 aromatic carbocycles. The van der Waals surface area contributed by atoms with Gasteiger partial charge in [0.05, 0.1) is 54.2 Å². The van der Waals surface area contributed by atoms with E-state index in [2.05, 4.69) is 156 Å². The van der Waals surface area contributed by atoms with E-state index in [1.807, 2.05) is 82.2 Å². The summed E-state index contributed by atoms with van der Waals surface area (Å²) in [5.74, 6) is 2.03. The first kappa shape index (κ1) is 49.1. The Kier molecular flexibility index (Phi) is 17.9. The molecule has 0 amide bonds. The van der Waals surface area contributed by atoms with Gasteiger partial charge in [-0.05, 0) is 59.6 Å². The maximum atomic E-state index is 5.06. The number of imidazole rings is 2. The largest absolute Gasteiger partial charge is 0.409 e. The highest BCUT2D eigenvalue weighted by Crippen LogP contribution is 2.26. The molecule has 0 atom stereocenters. The third-order valence-corrected chi connectivity index (χ3v) is 12.7. The van der Waals surface area contributed by atoms with E-state index in [1.165, 1.54) is 72.2 Å². The number of fused-ring (bicyclic) bond motifs is 1. The quantitative estimate of drug-likeness (QED) is 0.203. The normalized spacial score (nSPS) is 10.3. The second-order valence-corrected chi connectivity index (χ2v) is 16.7. The van der Waals surface area contributed by atoms with Crippen LogP contribution in [0, 0.1) is 96.9 Å². The van der Waals surface area contributed by atoms with E-state index in [9.17, 15) is 0 Å². The van der Waals surface area contributed by atoms with Crippen molar-refractivity contribution in [3.63, 3.8) is 0 Å². The summed E-state index contributed by atoms with van der Waals surface area (Å²) in [5, 5.41) is 4.09. The van der Waals surface area contributed by atoms with Gasteiger partial charge in [0.25, 0.3) is 12.2 Å². The van der Waals surface area contributed by atoms with Crippen LogP contribution < -0.4 is 27.4 Å². The van der Waals surface area contributed by atoms with Crippen LogP contribution in [0.1, 0.15) is 78.4 Å². The molecule has 0 saturated carbocycles. The van der Waals surface area contributed by atoms with Crippen molar-refractivity contribution in [3.05, 3.63) is 116 Å². The van der Waals surface area contributed by atoms with Gasteiger partial charge < -0.3 is 4.42 Å². The SMILES string of the molecule is Cc1c(C)[n+](C)cn1C.Cc1c(C)c(C)c2c(c1C)n(C)c[n+]2C.Cc1nc[n+](C)c(C)c1C.Cc1nn(C)c[n+]1C.Cc1oc[n+](C)c1C.Cc1sc[n+](C)c1C. The molecule has 12 nitrogen and oxygen atoms in total. The standard InChI is InChI=1S/C13H19N2.C8H13N2.C7H13N2.C6H10NO.C6H10NS.C5H10N3/c1-8-9(2)11(4)13-12(10(8)3)14(5)7-15(13)6;1-6-7(2)9-5-10(4)8(6)3;1-6-7(2)9(4)5-8(6)3;2*1-5-6(2)8-4-7(5)3;1-5-6-8(3)4-7(5)2/h7H,1-6H3;5H,1-4H3;5H,1-4H3;3*4H,1-3H3/q6*+1. The lowest BCUT2D eigenvalue weighted by molar-refractivity contribution is -0.681. The summed E-state index contributed by atoms with van der Waals surface area (Å²) in [4.78, 5) is 5.61. The van der Waals surface area contributed by atoms with Gasteiger partial charge in [-0.15, -0.1) is 4.68 Å². The highest BCUT2D eigenvalue weighted by Gasteiger charge is 2.19. The minimum Gasteiger partial charge on any atom is -0.409 e. The Labute approximate surface area is 352 Å². The summed E-state index contributed by atoms with van der Waals surface area (Å²) < 4.78 is 23.6. The Morgan fingerprint density at radius 3 is 1.41 bits per heavy atom. The predicted molar refractivity (Wildman–Crippen MR) is 232 cm³/mol. The predicted octanol–water partition coefficient (Wildman–Crippen LogP) is 5.00. The zero-order valence-electron chi connectivity index (χ0n) is 40.2. The second kappa shape index (κ2) is 21.1. The van der Waals surface area contributed by atoms with E-state index in [1.54, 1.807) is 22.4 Å². The third-order valence-electron chi connectivity index (χ3n) is 11.6. The van der Waals surface area contributed by atoms with Crippen molar-refractivity contribution >= 4 is 22.4 Å². The van der Waals surface area contributed by atoms with Crippen LogP contribution >= 0.6 is 11.3 Å². The number of hydrogen-bond donors (Lipinski definition) is 0. The van der Waals surface area contributed by atoms with Gasteiger partial charge in [0.1, 0.15) is 31.2 Å². The molecule has 0 spiro atoms. The molecule has 58 heavy (non-hydrogen) atoms. The summed E-state index contributed by atoms with van der Waals surface area (Å²) in [6.07, 6.45) is 9.69. The lowest BCUT2D eigenvalue weighted by Gasteiger charge is -2.08. The molecular weight excluding hydrogens is 743 g/mol. The first-order valence-electron chi connectivity index (χ1n) is 19.7. The van der Waals surface area contributed by atoms with E-state index >= 15 is 0 Å². The van der Waals surface area contributed by atoms with E-state index in [4.69, 9.17) is 4.42 Å². The fourth-order valence-electron chi connectivity index (χ4n) is 6.14. The molecule has 0 saturated heterocycles. The molecule has 316 valence electrons. The van der Waals surface area contributed by atoms with Gasteiger partial charge in [0, 0.05) is 70.3 Å². The van der Waals surface area contributed by atoms with Crippen LogP contribution in [0.2, 0.25) is 0 Å². The van der Waals surface area contributed by atoms with Gasteiger partial charge in [0.2, 0.25) is 30.2 Å². The number of benzene rings is 1. The highest BCUT2D eigenvalue weighted by molar-refractivity contribution is 7.09. The van der Waals surface area contributed by atoms with E-state index in [0.717, 1.165) is 17.3 Å². The summed E-state index contributed by atoms with van der Waals surface area (Å²) in [7, 11) is 18.3. The molecule has 7 rings (SSSR count). The lowest BCUT2D eigenvalue weighted by Crippen LogP contribution is -2.33. The molecule has 0 bridgehead atoms. The fraction of sp³-hybridized carbons (Fsp3) is 0.511. The zero-order chi connectivity index (χ0) is 44.5. The van der Waals surface area contributed by atoms with Crippen molar-refractivity contribution in [2.45, 2.75) is 96.9 Å². The molecule has 7 aromatic rings. The van der Waals surface area contributed by atoms with Crippen molar-refractivity contribution in [3.8, 4) is 0 Å². The molecular formula is C45H75N11OS+6. The Morgan fingerprint density at radius 2 is 1.10 bits per heavy atom. The molecule has 0 radical (unpaired) electrons. The summed E-state index contributed by atoms with van der Waals surface area (Å²) in [5.41, 5.74) is 19.4. The van der Waals surface area contributed by atoms with Gasteiger partial charge in [-0.2, -0.15) is 9.13 Å². The smallest absolute Gasteiger partial charge is 0.334 e. The van der Waals surface area contributed by atoms with Crippen LogP contribution in [0.15, 0.2) is 41.6 Å². The number of hydrogen-bond acceptors (Lipinski definition) is 4. The van der Waals surface area contributed by atoms with Crippen molar-refractivity contribution in [1.82, 2.24) is 23.9 Å². The number of nitrogens with zero attached hydrogens (tertiary/aromatic N) is 11. The molecule has 6 aromatic heterocycles. The molecule has 0 aliphatic rings. The molecule has 0 aliphatic heterocycles. The first-order chi connectivity index (χ1) is 26.8. The third kappa shape index (κ3) is 12.2. The van der Waals surface area contributed by atoms with Crippen molar-refractivity contribution in [2.75, 3.05) is 0 Å². The molecule has 0 unspecified atom stereocenters. The number of aromatic nitrogens is 11. The molecule has 13 heteroatoms. The van der Waals surface area contributed by atoms with Gasteiger partial charge in [-0.3, -0.25) is 0 Å². The first-order valence-corrected chi connectivity index (χ1v) is 20.6. The average molecular weight is 818 g/mol. The average Bonchev–Trinajstić information content (AvgIpc) is 3.91. The molecule has 0 aliphatic carbocycles. The van der Waals surface area contributed by atoms with E-state index in [0.29, 0.717) is 0 Å². The monoisotopic (exact) mass is 818 g/mol. The maximum absolute atomic E-state index is 5.06. The second-order valence-electron chi connectivity index (χ2n) is 15.6. The van der Waals surface area contributed by atoms with Crippen molar-refractivity contribution < 1.29 is 31.8 Å². The molecule has 0 fully saturated rings. The van der Waals surface area contributed by atoms with E-state index in [-0.39, 0.29) is 0 Å². The lowest BCUT2D eigenvalue weighted by atomic mass is 9.97. The van der Waals surface area contributed by atoms with Gasteiger partial charge in [-0.1, -0.05) is 16.3 Å². The van der Waals surface area contributed by atoms with Crippen molar-refractivity contribution in [2.24, 2.45) is 63.4 Å². The molecule has 6 heterocycles. The van der Waals surface area contributed by atoms with Gasteiger partial charge >= 0.3 is 6.39 Å². The molecule has 0 N–H and O–H groups in total. The zero-order valence-corrected chi connectivity index (χ0v) is 41.0. The summed E-state index contributed by atoms with van der Waals surface area (Å²) >= 11 is 1.79. The summed E-state index contributed by atoms with van der Waals surface area (Å²) in [6, 6.07) is 0. The number of aryl methyl sites for hydroxylation is 15. The van der Waals surface area contributed by atoms with Crippen LogP contribution in [0.5, 0.6) is 0 Å². The van der Waals surface area contributed by atoms with Crippen LogP contribution in [0.3, 0.4) is 0 Å². The number of oxazole rings is 1. The van der Waals surface area contributed by atoms with Crippen LogP contribution in [-0.4, -0.2) is 23.9 Å². The maximum Gasteiger partial charge on any atom is 0.334 e. The topological polar surface area (TPSA) is 77.0 Å². The Morgan fingerprint density at radius 1 is 0.534 bits per heavy atom. The van der Waals surface area contributed by atoms with Gasteiger partial charge in [-0.25, -0.2) is 27.4 Å². The van der Waals surface area contributed by atoms with Crippen molar-refractivity contribution in [1.29, 1.82) is 0 Å². The summed E-state index contributed by atoms with van der Waals surface area (Å²) in [6.45, 7) is 29.5. The minimum absolute atomic E-state index is 0.993. The minimum atomic E-state index is 0.993. The Hall–Kier alpha value is -5.04. The Balaban J connectivity index is 0.000000245.